The summed E-state index contributed by atoms with van der Waals surface area (Å²) in [5.74, 6) is -1.13. The van der Waals surface area contributed by atoms with Gasteiger partial charge in [-0.1, -0.05) is 158 Å². The Morgan fingerprint density at radius 3 is 1.26 bits per heavy atom. The van der Waals surface area contributed by atoms with Crippen LogP contribution in [0.5, 0.6) is 0 Å². The van der Waals surface area contributed by atoms with Crippen LogP contribution in [0.4, 0.5) is 0 Å². The van der Waals surface area contributed by atoms with Crippen LogP contribution in [0.2, 0.25) is 0 Å². The van der Waals surface area contributed by atoms with Gasteiger partial charge in [0.1, 0.15) is 43.2 Å². The third kappa shape index (κ3) is 32.8. The Balaban J connectivity index is 2.44. The van der Waals surface area contributed by atoms with Gasteiger partial charge in [0.15, 0.2) is 6.10 Å². The van der Waals surface area contributed by atoms with Crippen LogP contribution in [0.3, 0.4) is 0 Å². The molecule has 1 aliphatic carbocycles. The number of ether oxygens (including phenoxy) is 2. The van der Waals surface area contributed by atoms with E-state index in [0.717, 1.165) is 83.5 Å². The monoisotopic (exact) mass is 941 g/mol. The number of aliphatic hydroxyl groups excluding tert-OH is 5. The topological polar surface area (TPSA) is 210 Å². The molecule has 0 bridgehead atoms. The maximum atomic E-state index is 12.8. The molecular weight excluding hydrogens is 852 g/mol. The Hall–Kier alpha value is -2.45. The number of hydrogen-bond donors (Lipinski definition) is 6. The van der Waals surface area contributed by atoms with Crippen molar-refractivity contribution >= 4 is 19.8 Å². The van der Waals surface area contributed by atoms with Crippen molar-refractivity contribution in [1.29, 1.82) is 0 Å². The van der Waals surface area contributed by atoms with Gasteiger partial charge in [-0.2, -0.15) is 0 Å². The van der Waals surface area contributed by atoms with Crippen LogP contribution in [0.1, 0.15) is 194 Å². The molecule has 0 aromatic heterocycles. The van der Waals surface area contributed by atoms with Crippen molar-refractivity contribution in [2.24, 2.45) is 0 Å². The van der Waals surface area contributed by atoms with E-state index in [9.17, 15) is 44.6 Å². The number of aliphatic hydroxyl groups is 5. The number of phosphoric acid groups is 1. The predicted molar refractivity (Wildman–Crippen MR) is 258 cm³/mol. The first-order chi connectivity index (χ1) is 31.4. The molecule has 1 rings (SSSR count). The summed E-state index contributed by atoms with van der Waals surface area (Å²) in [7, 11) is -5.13. The molecule has 1 aliphatic rings. The number of carbonyl (C=O) groups excluding carboxylic acids is 2. The van der Waals surface area contributed by atoms with E-state index >= 15 is 0 Å². The standard InChI is InChI=1S/C51H89O13P/c1-3-5-7-9-11-13-15-17-19-21-22-24-26-28-30-32-34-36-38-40-45(53)63-43(42-62-65(59,60)64-51-49(57)47(55)46(54)48(56)50(51)58)41-61-44(52)39-37-35-33-31-29-27-25-23-20-18-16-14-12-10-8-6-4-2/h11-14,17-20,25,27,43,46-51,54-58H,3-10,15-16,21-24,26,28-42H2,1-2H3,(H,59,60)/b13-11+,14-12+,19-17+,20-18+,27-25+/t43-,46?,47-,48?,49?,50?,51?/m1/s1. The number of rotatable bonds is 41. The first-order valence-electron chi connectivity index (χ1n) is 25.1. The van der Waals surface area contributed by atoms with E-state index < -0.39 is 75.7 Å². The number of hydrogen-bond acceptors (Lipinski definition) is 12. The van der Waals surface area contributed by atoms with E-state index in [1.807, 2.05) is 0 Å². The number of unbranched alkanes of at least 4 members (excludes halogenated alkanes) is 19. The van der Waals surface area contributed by atoms with Gasteiger partial charge < -0.3 is 39.9 Å². The molecule has 0 aromatic carbocycles. The van der Waals surface area contributed by atoms with E-state index in [4.69, 9.17) is 18.5 Å². The van der Waals surface area contributed by atoms with Crippen molar-refractivity contribution in [3.8, 4) is 0 Å². The van der Waals surface area contributed by atoms with Crippen molar-refractivity contribution < 1.29 is 63.1 Å². The van der Waals surface area contributed by atoms with Crippen LogP contribution in [-0.4, -0.2) is 98.3 Å². The lowest BCUT2D eigenvalue weighted by Crippen LogP contribution is -2.64. The van der Waals surface area contributed by atoms with Gasteiger partial charge in [-0.25, -0.2) is 4.57 Å². The Bertz CT molecular complexity index is 1370. The molecule has 0 saturated heterocycles. The van der Waals surface area contributed by atoms with Crippen molar-refractivity contribution in [2.45, 2.75) is 236 Å². The molecule has 1 saturated carbocycles. The molecule has 65 heavy (non-hydrogen) atoms. The molecule has 1 fully saturated rings. The Labute approximate surface area is 392 Å². The molecule has 13 nitrogen and oxygen atoms in total. The average molecular weight is 941 g/mol. The molecule has 0 heterocycles. The van der Waals surface area contributed by atoms with Gasteiger partial charge in [0.25, 0.3) is 0 Å². The van der Waals surface area contributed by atoms with Gasteiger partial charge >= 0.3 is 19.8 Å². The lowest BCUT2D eigenvalue weighted by atomic mass is 9.85. The molecule has 0 spiro atoms. The van der Waals surface area contributed by atoms with Gasteiger partial charge in [0.05, 0.1) is 6.61 Å². The summed E-state index contributed by atoms with van der Waals surface area (Å²) in [4.78, 5) is 35.8. The number of phosphoric ester groups is 1. The zero-order valence-electron chi connectivity index (χ0n) is 40.0. The maximum Gasteiger partial charge on any atom is 0.472 e. The van der Waals surface area contributed by atoms with Crippen molar-refractivity contribution in [3.05, 3.63) is 60.8 Å². The summed E-state index contributed by atoms with van der Waals surface area (Å²) in [6.45, 7) is 3.23. The zero-order chi connectivity index (χ0) is 47.8. The Morgan fingerprint density at radius 2 is 0.831 bits per heavy atom. The molecule has 14 heteroatoms. The highest BCUT2D eigenvalue weighted by atomic mass is 31.2. The minimum absolute atomic E-state index is 0.0845. The number of allylic oxidation sites excluding steroid dienone is 10. The lowest BCUT2D eigenvalue weighted by Gasteiger charge is -2.41. The van der Waals surface area contributed by atoms with Crippen LogP contribution < -0.4 is 0 Å². The highest BCUT2D eigenvalue weighted by Crippen LogP contribution is 2.47. The first-order valence-corrected chi connectivity index (χ1v) is 26.6. The first kappa shape index (κ1) is 60.6. The third-order valence-corrected chi connectivity index (χ3v) is 12.3. The molecular formula is C51H89O13P. The molecule has 376 valence electrons. The fourth-order valence-corrected chi connectivity index (χ4v) is 8.24. The molecule has 0 amide bonds. The van der Waals surface area contributed by atoms with Gasteiger partial charge in [0, 0.05) is 12.8 Å². The number of esters is 2. The van der Waals surface area contributed by atoms with Crippen molar-refractivity contribution in [3.63, 3.8) is 0 Å². The SMILES string of the molecule is CCCCC/C=C/C/C=C/C/C=C/CCCCCCC(=O)OC[C@H](COP(=O)(O)OC1C(O)C(O)C(O)[C@@H](O)C1O)OC(=O)CCCCCCCCCCC/C=C/C/C=C/CCCCC. The van der Waals surface area contributed by atoms with Crippen LogP contribution in [0.25, 0.3) is 0 Å². The second-order valence-electron chi connectivity index (χ2n) is 17.3. The maximum absolute atomic E-state index is 12.8. The van der Waals surface area contributed by atoms with Crippen LogP contribution in [-0.2, 0) is 32.7 Å². The van der Waals surface area contributed by atoms with E-state index in [2.05, 4.69) is 74.6 Å². The summed E-state index contributed by atoms with van der Waals surface area (Å²) < 4.78 is 33.6. The van der Waals surface area contributed by atoms with Crippen LogP contribution in [0, 0.1) is 0 Å². The fraction of sp³-hybridized carbons (Fsp3) is 0.765. The summed E-state index contributed by atoms with van der Waals surface area (Å²) in [5.41, 5.74) is 0. The van der Waals surface area contributed by atoms with Crippen molar-refractivity contribution in [2.75, 3.05) is 13.2 Å². The molecule has 0 aromatic rings. The zero-order valence-corrected chi connectivity index (χ0v) is 40.9. The predicted octanol–water partition coefficient (Wildman–Crippen LogP) is 10.5. The molecule has 0 radical (unpaired) electrons. The van der Waals surface area contributed by atoms with E-state index in [0.29, 0.717) is 12.8 Å². The lowest BCUT2D eigenvalue weighted by molar-refractivity contribution is -0.220. The van der Waals surface area contributed by atoms with E-state index in [1.165, 1.54) is 70.6 Å². The summed E-state index contributed by atoms with van der Waals surface area (Å²) in [6, 6.07) is 0. The largest absolute Gasteiger partial charge is 0.472 e. The molecule has 6 N–H and O–H groups in total. The quantitative estimate of drug-likeness (QED) is 0.0146. The highest BCUT2D eigenvalue weighted by Gasteiger charge is 2.51. The van der Waals surface area contributed by atoms with Gasteiger partial charge in [-0.3, -0.25) is 18.6 Å². The van der Waals surface area contributed by atoms with Gasteiger partial charge in [0.2, 0.25) is 0 Å². The second-order valence-corrected chi connectivity index (χ2v) is 18.7. The summed E-state index contributed by atoms with van der Waals surface area (Å²) in [5, 5.41) is 50.2. The smallest absolute Gasteiger partial charge is 0.462 e. The third-order valence-electron chi connectivity index (χ3n) is 11.3. The molecule has 8 atom stereocenters. The van der Waals surface area contributed by atoms with Crippen LogP contribution in [0.15, 0.2) is 60.8 Å². The highest BCUT2D eigenvalue weighted by molar-refractivity contribution is 7.47. The van der Waals surface area contributed by atoms with Crippen LogP contribution >= 0.6 is 7.82 Å². The van der Waals surface area contributed by atoms with Gasteiger partial charge in [-0.05, 0) is 83.5 Å². The normalized spacial score (nSPS) is 21.9. The Morgan fingerprint density at radius 1 is 0.477 bits per heavy atom. The molecule has 0 aliphatic heterocycles. The Kier molecular flexibility index (Phi) is 37.8. The molecule has 6 unspecified atom stereocenters. The summed E-state index contributed by atoms with van der Waals surface area (Å²) >= 11 is 0. The van der Waals surface area contributed by atoms with E-state index in [1.54, 1.807) is 0 Å². The summed E-state index contributed by atoms with van der Waals surface area (Å²) in [6.07, 6.45) is 36.9. The average Bonchev–Trinajstić information content (AvgIpc) is 3.29. The minimum atomic E-state index is -5.13. The van der Waals surface area contributed by atoms with Gasteiger partial charge in [-0.15, -0.1) is 0 Å². The van der Waals surface area contributed by atoms with Crippen molar-refractivity contribution in [1.82, 2.24) is 0 Å². The fourth-order valence-electron chi connectivity index (χ4n) is 7.26. The second kappa shape index (κ2) is 40.6. The van der Waals surface area contributed by atoms with E-state index in [-0.39, 0.29) is 12.8 Å². The minimum Gasteiger partial charge on any atom is -0.462 e. The number of carbonyl (C=O) groups is 2.